The molecule has 0 aliphatic carbocycles. The molecule has 33 heavy (non-hydrogen) atoms. The van der Waals surface area contributed by atoms with Crippen molar-refractivity contribution in [2.75, 3.05) is 13.1 Å². The molecule has 8 nitrogen and oxygen atoms in total. The van der Waals surface area contributed by atoms with E-state index in [-0.39, 0.29) is 30.1 Å². The molecule has 1 aromatic heterocycles. The van der Waals surface area contributed by atoms with E-state index in [1.165, 1.54) is 6.07 Å². The van der Waals surface area contributed by atoms with E-state index >= 15 is 0 Å². The van der Waals surface area contributed by atoms with E-state index in [1.807, 2.05) is 67.6 Å². The molecule has 4 rings (SSSR count). The van der Waals surface area contributed by atoms with Crippen LogP contribution < -0.4 is 10.6 Å². The van der Waals surface area contributed by atoms with Crippen molar-refractivity contribution in [3.8, 4) is 0 Å². The summed E-state index contributed by atoms with van der Waals surface area (Å²) in [5, 5.41) is 9.77. The zero-order chi connectivity index (χ0) is 23.2. The highest BCUT2D eigenvalue weighted by molar-refractivity contribution is 5.99. The van der Waals surface area contributed by atoms with Crippen molar-refractivity contribution < 1.29 is 14.4 Å². The lowest BCUT2D eigenvalue weighted by atomic mass is 10.1. The van der Waals surface area contributed by atoms with Crippen molar-refractivity contribution in [2.45, 2.75) is 32.5 Å². The third-order valence-corrected chi connectivity index (χ3v) is 5.62. The molecule has 0 radical (unpaired) electrons. The molecule has 3 aromatic rings. The molecule has 2 heterocycles. The normalized spacial score (nSPS) is 14.2. The molecule has 1 atom stereocenters. The van der Waals surface area contributed by atoms with Crippen LogP contribution in [-0.4, -0.2) is 45.5 Å². The third kappa shape index (κ3) is 5.46. The molecule has 2 N–H and O–H groups in total. The van der Waals surface area contributed by atoms with Gasteiger partial charge >= 0.3 is 0 Å². The molecular weight excluding hydrogens is 418 g/mol. The Balaban J connectivity index is 1.36. The maximum atomic E-state index is 13.1. The molecule has 1 unspecified atom stereocenters. The van der Waals surface area contributed by atoms with Crippen LogP contribution in [0.1, 0.15) is 51.5 Å². The average Bonchev–Trinajstić information content (AvgIpc) is 3.21. The van der Waals surface area contributed by atoms with E-state index in [9.17, 15) is 14.4 Å². The minimum atomic E-state index is -0.486. The Hall–Kier alpha value is -3.94. The van der Waals surface area contributed by atoms with E-state index in [0.29, 0.717) is 25.3 Å². The van der Waals surface area contributed by atoms with Crippen molar-refractivity contribution in [2.24, 2.45) is 0 Å². The molecule has 0 bridgehead atoms. The second-order valence-electron chi connectivity index (χ2n) is 8.09. The Morgan fingerprint density at radius 2 is 1.73 bits per heavy atom. The van der Waals surface area contributed by atoms with Crippen LogP contribution in [0.15, 0.2) is 66.7 Å². The topological polar surface area (TPSA) is 96.3 Å². The van der Waals surface area contributed by atoms with E-state index < -0.39 is 5.91 Å². The highest BCUT2D eigenvalue weighted by atomic mass is 16.2. The predicted octanol–water partition coefficient (Wildman–Crippen LogP) is 2.54. The first-order valence-electron chi connectivity index (χ1n) is 11.0. The van der Waals surface area contributed by atoms with Crippen LogP contribution in [0.4, 0.5) is 0 Å². The molecule has 1 aliphatic heterocycles. The lowest BCUT2D eigenvalue weighted by Crippen LogP contribution is -2.38. The first-order chi connectivity index (χ1) is 16.0. The van der Waals surface area contributed by atoms with Crippen molar-refractivity contribution >= 4 is 17.7 Å². The van der Waals surface area contributed by atoms with Gasteiger partial charge in [-0.1, -0.05) is 60.7 Å². The number of aryl methyl sites for hydroxylation is 1. The molecule has 8 heteroatoms. The molecule has 0 spiro atoms. The second kappa shape index (κ2) is 10.1. The minimum Gasteiger partial charge on any atom is -0.348 e. The van der Waals surface area contributed by atoms with Gasteiger partial charge in [-0.3, -0.25) is 19.1 Å². The highest BCUT2D eigenvalue weighted by Gasteiger charge is 2.26. The van der Waals surface area contributed by atoms with Gasteiger partial charge in [0.05, 0.1) is 12.6 Å². The minimum absolute atomic E-state index is 0.129. The summed E-state index contributed by atoms with van der Waals surface area (Å²) in [6, 6.07) is 20.7. The van der Waals surface area contributed by atoms with Gasteiger partial charge in [-0.25, -0.2) is 0 Å². The fraction of sp³-hybridized carbons (Fsp3) is 0.280. The largest absolute Gasteiger partial charge is 0.348 e. The second-order valence-corrected chi connectivity index (χ2v) is 8.09. The predicted molar refractivity (Wildman–Crippen MR) is 123 cm³/mol. The van der Waals surface area contributed by atoms with Gasteiger partial charge in [0.25, 0.3) is 11.8 Å². The maximum absolute atomic E-state index is 13.1. The lowest BCUT2D eigenvalue weighted by Gasteiger charge is -2.20. The van der Waals surface area contributed by atoms with Crippen LogP contribution >= 0.6 is 0 Å². The van der Waals surface area contributed by atoms with E-state index in [4.69, 9.17) is 0 Å². The van der Waals surface area contributed by atoms with Gasteiger partial charge in [0.2, 0.25) is 5.91 Å². The third-order valence-electron chi connectivity index (χ3n) is 5.62. The number of amides is 3. The lowest BCUT2D eigenvalue weighted by molar-refractivity contribution is -0.120. The number of carbonyl (C=O) groups is 3. The SMILES string of the molecule is CC(NC(=O)CNC(=O)c1cc2n(n1)CCCN(Cc1ccccc1)C2=O)c1ccccc1. The van der Waals surface area contributed by atoms with Gasteiger partial charge in [0, 0.05) is 25.7 Å². The number of nitrogens with zero attached hydrogens (tertiary/aromatic N) is 3. The van der Waals surface area contributed by atoms with Gasteiger partial charge in [-0.05, 0) is 24.5 Å². The van der Waals surface area contributed by atoms with Gasteiger partial charge < -0.3 is 15.5 Å². The summed E-state index contributed by atoms with van der Waals surface area (Å²) >= 11 is 0. The highest BCUT2D eigenvalue weighted by Crippen LogP contribution is 2.17. The van der Waals surface area contributed by atoms with E-state index in [1.54, 1.807) is 9.58 Å². The Labute approximate surface area is 192 Å². The maximum Gasteiger partial charge on any atom is 0.272 e. The van der Waals surface area contributed by atoms with Gasteiger partial charge in [0.1, 0.15) is 5.69 Å². The Bertz CT molecular complexity index is 1130. The first kappa shape index (κ1) is 22.3. The smallest absolute Gasteiger partial charge is 0.272 e. The molecule has 2 aromatic carbocycles. The summed E-state index contributed by atoms with van der Waals surface area (Å²) in [7, 11) is 0. The number of rotatable bonds is 7. The number of benzene rings is 2. The Morgan fingerprint density at radius 1 is 1.03 bits per heavy atom. The summed E-state index contributed by atoms with van der Waals surface area (Å²) in [6.07, 6.45) is 0.744. The van der Waals surface area contributed by atoms with Crippen LogP contribution in [0.2, 0.25) is 0 Å². The van der Waals surface area contributed by atoms with E-state index in [0.717, 1.165) is 17.5 Å². The van der Waals surface area contributed by atoms with Crippen LogP contribution in [0.5, 0.6) is 0 Å². The standard InChI is InChI=1S/C25H27N5O3/c1-18(20-11-6-3-7-12-20)27-23(31)16-26-24(32)21-15-22-25(33)29(13-8-14-30(22)28-21)17-19-9-4-2-5-10-19/h2-7,9-12,15,18H,8,13-14,16-17H2,1H3,(H,26,32)(H,27,31). The van der Waals surface area contributed by atoms with Crippen LogP contribution in [0.3, 0.4) is 0 Å². The van der Waals surface area contributed by atoms with Crippen molar-refractivity contribution in [1.29, 1.82) is 0 Å². The summed E-state index contributed by atoms with van der Waals surface area (Å²) in [6.45, 7) is 3.39. The summed E-state index contributed by atoms with van der Waals surface area (Å²) in [4.78, 5) is 39.7. The fourth-order valence-electron chi connectivity index (χ4n) is 3.87. The zero-order valence-electron chi connectivity index (χ0n) is 18.5. The quantitative estimate of drug-likeness (QED) is 0.584. The molecule has 0 saturated heterocycles. The van der Waals surface area contributed by atoms with Crippen molar-refractivity contribution in [1.82, 2.24) is 25.3 Å². The van der Waals surface area contributed by atoms with Crippen molar-refractivity contribution in [3.05, 3.63) is 89.2 Å². The molecule has 0 saturated carbocycles. The Kier molecular flexibility index (Phi) is 6.83. The molecule has 170 valence electrons. The van der Waals surface area contributed by atoms with E-state index in [2.05, 4.69) is 15.7 Å². The molecular formula is C25H27N5O3. The summed E-state index contributed by atoms with van der Waals surface area (Å²) < 4.78 is 1.58. The molecule has 1 aliphatic rings. The number of hydrogen-bond acceptors (Lipinski definition) is 4. The molecule has 3 amide bonds. The van der Waals surface area contributed by atoms with Crippen molar-refractivity contribution in [3.63, 3.8) is 0 Å². The summed E-state index contributed by atoms with van der Waals surface area (Å²) in [5.74, 6) is -0.941. The number of nitrogens with one attached hydrogen (secondary N) is 2. The zero-order valence-corrected chi connectivity index (χ0v) is 18.5. The van der Waals surface area contributed by atoms with Gasteiger partial charge in [-0.2, -0.15) is 5.10 Å². The fourth-order valence-corrected chi connectivity index (χ4v) is 3.87. The molecule has 0 fully saturated rings. The number of carbonyl (C=O) groups excluding carboxylic acids is 3. The average molecular weight is 446 g/mol. The first-order valence-corrected chi connectivity index (χ1v) is 11.0. The monoisotopic (exact) mass is 445 g/mol. The van der Waals surface area contributed by atoms with Crippen LogP contribution in [-0.2, 0) is 17.9 Å². The van der Waals surface area contributed by atoms with Crippen LogP contribution in [0.25, 0.3) is 0 Å². The summed E-state index contributed by atoms with van der Waals surface area (Å²) in [5.41, 5.74) is 2.54. The van der Waals surface area contributed by atoms with Gasteiger partial charge in [-0.15, -0.1) is 0 Å². The van der Waals surface area contributed by atoms with Crippen LogP contribution in [0, 0.1) is 0 Å². The number of fused-ring (bicyclic) bond motifs is 1. The van der Waals surface area contributed by atoms with Gasteiger partial charge in [0.15, 0.2) is 5.69 Å². The number of hydrogen-bond donors (Lipinski definition) is 2. The Morgan fingerprint density at radius 3 is 2.45 bits per heavy atom. The number of aromatic nitrogens is 2.